The van der Waals surface area contributed by atoms with Gasteiger partial charge in [0.25, 0.3) is 0 Å². The summed E-state index contributed by atoms with van der Waals surface area (Å²) in [5, 5.41) is 5.70. The first-order chi connectivity index (χ1) is 6.83. The Morgan fingerprint density at radius 1 is 1.36 bits per heavy atom. The van der Waals surface area contributed by atoms with E-state index in [2.05, 4.69) is 30.7 Å². The van der Waals surface area contributed by atoms with E-state index in [9.17, 15) is 0 Å². The molecule has 2 atom stereocenters. The predicted octanol–water partition coefficient (Wildman–Crippen LogP) is 3.30. The molecule has 0 aromatic carbocycles. The maximum absolute atomic E-state index is 3.48. The van der Waals surface area contributed by atoms with Crippen molar-refractivity contribution in [2.45, 2.75) is 44.6 Å². The van der Waals surface area contributed by atoms with Gasteiger partial charge in [0.05, 0.1) is 0 Å². The monoisotopic (exact) mass is 209 g/mol. The molecule has 1 N–H and O–H groups in total. The third kappa shape index (κ3) is 1.86. The second-order valence-electron chi connectivity index (χ2n) is 4.25. The summed E-state index contributed by atoms with van der Waals surface area (Å²) in [7, 11) is 2.10. The number of thiophene rings is 1. The Kier molecular flexibility index (Phi) is 3.24. The first-order valence-electron chi connectivity index (χ1n) is 5.54. The Balaban J connectivity index is 2.19. The van der Waals surface area contributed by atoms with Crippen LogP contribution in [0.2, 0.25) is 0 Å². The highest BCUT2D eigenvalue weighted by Gasteiger charge is 2.26. The molecule has 1 aliphatic carbocycles. The molecule has 78 valence electrons. The van der Waals surface area contributed by atoms with Crippen molar-refractivity contribution in [1.29, 1.82) is 0 Å². The molecule has 1 nitrogen and oxygen atoms in total. The van der Waals surface area contributed by atoms with Crippen LogP contribution < -0.4 is 5.32 Å². The molecule has 1 aliphatic rings. The summed E-state index contributed by atoms with van der Waals surface area (Å²) in [5.74, 6) is 0.772. The molecule has 14 heavy (non-hydrogen) atoms. The minimum Gasteiger partial charge on any atom is -0.316 e. The number of hydrogen-bond acceptors (Lipinski definition) is 2. The summed E-state index contributed by atoms with van der Waals surface area (Å²) in [4.78, 5) is 1.61. The van der Waals surface area contributed by atoms with Gasteiger partial charge in [-0.2, -0.15) is 0 Å². The minimum atomic E-state index is 0.709. The Labute approximate surface area is 90.5 Å². The molecule has 0 spiro atoms. The Morgan fingerprint density at radius 2 is 2.14 bits per heavy atom. The normalized spacial score (nSPS) is 27.9. The Bertz CT molecular complexity index is 292. The third-order valence-corrected chi connectivity index (χ3v) is 4.53. The fourth-order valence-electron chi connectivity index (χ4n) is 2.55. The fourth-order valence-corrected chi connectivity index (χ4v) is 3.68. The lowest BCUT2D eigenvalue weighted by atomic mass is 9.82. The fraction of sp³-hybridized carbons (Fsp3) is 0.667. The van der Waals surface area contributed by atoms with Crippen LogP contribution in [0.5, 0.6) is 0 Å². The van der Waals surface area contributed by atoms with Crippen LogP contribution in [-0.2, 0) is 0 Å². The summed E-state index contributed by atoms with van der Waals surface area (Å²) < 4.78 is 0. The van der Waals surface area contributed by atoms with E-state index < -0.39 is 0 Å². The van der Waals surface area contributed by atoms with Crippen LogP contribution in [0.4, 0.5) is 0 Å². The van der Waals surface area contributed by atoms with E-state index in [4.69, 9.17) is 0 Å². The molecule has 1 aromatic rings. The molecular formula is C12H19NS. The van der Waals surface area contributed by atoms with E-state index in [0.29, 0.717) is 6.04 Å². The standard InChI is InChI=1S/C12H19NS/c1-9-7-8-14-12(9)10-5-3-4-6-11(10)13-2/h7-8,10-11,13H,3-6H2,1-2H3. The molecule has 2 heteroatoms. The van der Waals surface area contributed by atoms with Crippen LogP contribution in [-0.4, -0.2) is 13.1 Å². The van der Waals surface area contributed by atoms with Gasteiger partial charge in [-0.1, -0.05) is 12.8 Å². The third-order valence-electron chi connectivity index (χ3n) is 3.38. The summed E-state index contributed by atoms with van der Waals surface area (Å²) in [6.45, 7) is 2.24. The number of aryl methyl sites for hydroxylation is 1. The van der Waals surface area contributed by atoms with E-state index >= 15 is 0 Å². The summed E-state index contributed by atoms with van der Waals surface area (Å²) >= 11 is 1.94. The van der Waals surface area contributed by atoms with Crippen molar-refractivity contribution in [3.05, 3.63) is 21.9 Å². The molecule has 0 bridgehead atoms. The lowest BCUT2D eigenvalue weighted by Crippen LogP contribution is -2.34. The topological polar surface area (TPSA) is 12.0 Å². The lowest BCUT2D eigenvalue weighted by Gasteiger charge is -2.31. The first-order valence-corrected chi connectivity index (χ1v) is 6.42. The highest BCUT2D eigenvalue weighted by Crippen LogP contribution is 2.37. The molecule has 1 aromatic heterocycles. The van der Waals surface area contributed by atoms with Crippen molar-refractivity contribution in [2.24, 2.45) is 0 Å². The lowest BCUT2D eigenvalue weighted by molar-refractivity contribution is 0.347. The van der Waals surface area contributed by atoms with E-state index in [1.54, 1.807) is 4.88 Å². The van der Waals surface area contributed by atoms with Gasteiger partial charge < -0.3 is 5.32 Å². The molecular weight excluding hydrogens is 190 g/mol. The van der Waals surface area contributed by atoms with Crippen molar-refractivity contribution < 1.29 is 0 Å². The van der Waals surface area contributed by atoms with Crippen LogP contribution in [0.25, 0.3) is 0 Å². The van der Waals surface area contributed by atoms with Gasteiger partial charge in [-0.25, -0.2) is 0 Å². The quantitative estimate of drug-likeness (QED) is 0.788. The molecule has 1 fully saturated rings. The Hall–Kier alpha value is -0.340. The van der Waals surface area contributed by atoms with E-state index in [-0.39, 0.29) is 0 Å². The van der Waals surface area contributed by atoms with Gasteiger partial charge >= 0.3 is 0 Å². The average molecular weight is 209 g/mol. The summed E-state index contributed by atoms with van der Waals surface area (Å²) in [6, 6.07) is 2.96. The molecule has 2 unspecified atom stereocenters. The summed E-state index contributed by atoms with van der Waals surface area (Å²) in [6.07, 6.45) is 5.51. The van der Waals surface area contributed by atoms with Crippen LogP contribution >= 0.6 is 11.3 Å². The highest BCUT2D eigenvalue weighted by molar-refractivity contribution is 7.10. The zero-order valence-corrected chi connectivity index (χ0v) is 9.86. The first kappa shape index (κ1) is 10.2. The largest absolute Gasteiger partial charge is 0.316 e. The van der Waals surface area contributed by atoms with Crippen molar-refractivity contribution in [3.8, 4) is 0 Å². The van der Waals surface area contributed by atoms with Crippen molar-refractivity contribution in [1.82, 2.24) is 5.32 Å². The number of nitrogens with one attached hydrogen (secondary N) is 1. The summed E-state index contributed by atoms with van der Waals surface area (Å²) in [5.41, 5.74) is 1.49. The molecule has 0 saturated heterocycles. The van der Waals surface area contributed by atoms with Crippen molar-refractivity contribution in [2.75, 3.05) is 7.05 Å². The molecule has 1 heterocycles. The molecule has 0 radical (unpaired) electrons. The van der Waals surface area contributed by atoms with Crippen molar-refractivity contribution in [3.63, 3.8) is 0 Å². The number of likely N-dealkylation sites (N-methyl/N-ethyl adjacent to an activating group) is 1. The SMILES string of the molecule is CNC1CCCCC1c1sccc1C. The maximum Gasteiger partial charge on any atom is 0.0141 e. The minimum absolute atomic E-state index is 0.709. The van der Waals surface area contributed by atoms with E-state index in [1.165, 1.54) is 31.2 Å². The van der Waals surface area contributed by atoms with Crippen LogP contribution in [0.1, 0.15) is 42.0 Å². The van der Waals surface area contributed by atoms with Gasteiger partial charge in [-0.15, -0.1) is 11.3 Å². The van der Waals surface area contributed by atoms with Crippen LogP contribution in [0, 0.1) is 6.92 Å². The van der Waals surface area contributed by atoms with Gasteiger partial charge in [-0.05, 0) is 43.8 Å². The van der Waals surface area contributed by atoms with Gasteiger partial charge in [0, 0.05) is 16.8 Å². The Morgan fingerprint density at radius 3 is 2.79 bits per heavy atom. The number of hydrogen-bond donors (Lipinski definition) is 1. The molecule has 2 rings (SSSR count). The van der Waals surface area contributed by atoms with Gasteiger partial charge in [-0.3, -0.25) is 0 Å². The molecule has 1 saturated carbocycles. The smallest absolute Gasteiger partial charge is 0.0141 e. The van der Waals surface area contributed by atoms with Gasteiger partial charge in [0.15, 0.2) is 0 Å². The second-order valence-corrected chi connectivity index (χ2v) is 5.20. The molecule has 0 aliphatic heterocycles. The average Bonchev–Trinajstić information content (AvgIpc) is 2.64. The second kappa shape index (κ2) is 4.45. The highest BCUT2D eigenvalue weighted by atomic mass is 32.1. The maximum atomic E-state index is 3.48. The van der Waals surface area contributed by atoms with Crippen molar-refractivity contribution >= 4 is 11.3 Å². The van der Waals surface area contributed by atoms with Gasteiger partial charge in [0.2, 0.25) is 0 Å². The zero-order valence-electron chi connectivity index (χ0n) is 9.05. The zero-order chi connectivity index (χ0) is 9.97. The van der Waals surface area contributed by atoms with E-state index in [0.717, 1.165) is 5.92 Å². The van der Waals surface area contributed by atoms with Crippen LogP contribution in [0.3, 0.4) is 0 Å². The van der Waals surface area contributed by atoms with Gasteiger partial charge in [0.1, 0.15) is 0 Å². The van der Waals surface area contributed by atoms with E-state index in [1.807, 2.05) is 11.3 Å². The predicted molar refractivity (Wildman–Crippen MR) is 63.1 cm³/mol. The van der Waals surface area contributed by atoms with Crippen LogP contribution in [0.15, 0.2) is 11.4 Å². The number of rotatable bonds is 2. The molecule has 0 amide bonds.